The Morgan fingerprint density at radius 2 is 1.76 bits per heavy atom. The summed E-state index contributed by atoms with van der Waals surface area (Å²) in [4.78, 5) is 12.0. The third-order valence-corrected chi connectivity index (χ3v) is 3.41. The summed E-state index contributed by atoms with van der Waals surface area (Å²) in [5.41, 5.74) is 4.49. The van der Waals surface area contributed by atoms with Gasteiger partial charge in [-0.25, -0.2) is 0 Å². The first-order valence-corrected chi connectivity index (χ1v) is 7.33. The second-order valence-electron chi connectivity index (χ2n) is 5.15. The lowest BCUT2D eigenvalue weighted by molar-refractivity contribution is -0.115. The first kappa shape index (κ1) is 15.3. The van der Waals surface area contributed by atoms with Crippen LogP contribution in [-0.4, -0.2) is 12.5 Å². The van der Waals surface area contributed by atoms with Gasteiger partial charge >= 0.3 is 0 Å². The number of rotatable bonds is 6. The minimum Gasteiger partial charge on any atom is -0.325 e. The number of benzene rings is 2. The Balaban J connectivity index is 1.81. The number of hydrogen-bond donors (Lipinski definition) is 2. The van der Waals surface area contributed by atoms with Crippen molar-refractivity contribution in [1.29, 1.82) is 0 Å². The van der Waals surface area contributed by atoms with E-state index in [2.05, 4.69) is 48.7 Å². The van der Waals surface area contributed by atoms with E-state index in [1.165, 1.54) is 11.1 Å². The molecule has 0 atom stereocenters. The second kappa shape index (κ2) is 7.60. The van der Waals surface area contributed by atoms with Gasteiger partial charge in [0.05, 0.1) is 6.54 Å². The summed E-state index contributed by atoms with van der Waals surface area (Å²) in [5.74, 6) is -0.0111. The molecular formula is C18H22N2O. The molecular weight excluding hydrogens is 260 g/mol. The lowest BCUT2D eigenvalue weighted by Crippen LogP contribution is -2.28. The molecule has 0 aliphatic rings. The molecule has 1 amide bonds. The molecule has 0 spiro atoms. The van der Waals surface area contributed by atoms with Crippen molar-refractivity contribution >= 4 is 11.6 Å². The number of carbonyl (C=O) groups excluding carboxylic acids is 1. The van der Waals surface area contributed by atoms with E-state index in [4.69, 9.17) is 0 Å². The molecule has 21 heavy (non-hydrogen) atoms. The van der Waals surface area contributed by atoms with Gasteiger partial charge in [0.15, 0.2) is 0 Å². The van der Waals surface area contributed by atoms with Gasteiger partial charge in [0, 0.05) is 12.2 Å². The highest BCUT2D eigenvalue weighted by molar-refractivity contribution is 5.92. The van der Waals surface area contributed by atoms with Crippen LogP contribution in [0.3, 0.4) is 0 Å². The van der Waals surface area contributed by atoms with Crippen LogP contribution in [0.4, 0.5) is 5.69 Å². The van der Waals surface area contributed by atoms with Crippen molar-refractivity contribution in [2.24, 2.45) is 0 Å². The van der Waals surface area contributed by atoms with Crippen LogP contribution in [0.1, 0.15) is 23.6 Å². The van der Waals surface area contributed by atoms with Gasteiger partial charge in [-0.3, -0.25) is 4.79 Å². The molecule has 3 heteroatoms. The SMILES string of the molecule is CCc1ccccc1NC(=O)CNCc1ccc(C)cc1. The molecule has 2 rings (SSSR count). The maximum atomic E-state index is 12.0. The van der Waals surface area contributed by atoms with Gasteiger partial charge in [0.25, 0.3) is 0 Å². The van der Waals surface area contributed by atoms with E-state index < -0.39 is 0 Å². The lowest BCUT2D eigenvalue weighted by atomic mass is 10.1. The molecule has 2 aromatic rings. The molecule has 0 saturated heterocycles. The Labute approximate surface area is 126 Å². The molecule has 0 aliphatic carbocycles. The van der Waals surface area contributed by atoms with Crippen molar-refractivity contribution in [3.05, 3.63) is 65.2 Å². The summed E-state index contributed by atoms with van der Waals surface area (Å²) >= 11 is 0. The largest absolute Gasteiger partial charge is 0.325 e. The molecule has 0 saturated carbocycles. The summed E-state index contributed by atoms with van der Waals surface area (Å²) < 4.78 is 0. The van der Waals surface area contributed by atoms with Crippen molar-refractivity contribution in [2.45, 2.75) is 26.8 Å². The molecule has 0 aromatic heterocycles. The van der Waals surface area contributed by atoms with Gasteiger partial charge in [-0.1, -0.05) is 55.0 Å². The summed E-state index contributed by atoms with van der Waals surface area (Å²) in [6.07, 6.45) is 0.910. The van der Waals surface area contributed by atoms with Crippen LogP contribution in [0, 0.1) is 6.92 Å². The van der Waals surface area contributed by atoms with Crippen molar-refractivity contribution in [2.75, 3.05) is 11.9 Å². The highest BCUT2D eigenvalue weighted by Crippen LogP contribution is 2.14. The average molecular weight is 282 g/mol. The molecule has 110 valence electrons. The van der Waals surface area contributed by atoms with Crippen molar-refractivity contribution < 1.29 is 4.79 Å². The van der Waals surface area contributed by atoms with Gasteiger partial charge in [-0.05, 0) is 30.5 Å². The van der Waals surface area contributed by atoms with Gasteiger partial charge in [-0.15, -0.1) is 0 Å². The standard InChI is InChI=1S/C18H22N2O/c1-3-16-6-4-5-7-17(16)20-18(21)13-19-12-15-10-8-14(2)9-11-15/h4-11,19H,3,12-13H2,1-2H3,(H,20,21). The summed E-state index contributed by atoms with van der Waals surface area (Å²) in [6, 6.07) is 16.2. The third-order valence-electron chi connectivity index (χ3n) is 3.41. The number of carbonyl (C=O) groups is 1. The summed E-state index contributed by atoms with van der Waals surface area (Å²) in [6.45, 7) is 5.16. The van der Waals surface area contributed by atoms with Crippen LogP contribution >= 0.6 is 0 Å². The van der Waals surface area contributed by atoms with Crippen LogP contribution in [0.2, 0.25) is 0 Å². The Bertz CT molecular complexity index is 590. The van der Waals surface area contributed by atoms with E-state index in [1.807, 2.05) is 24.3 Å². The molecule has 0 aliphatic heterocycles. The molecule has 2 aromatic carbocycles. The molecule has 3 nitrogen and oxygen atoms in total. The van der Waals surface area contributed by atoms with E-state index in [9.17, 15) is 4.79 Å². The first-order valence-electron chi connectivity index (χ1n) is 7.33. The number of aryl methyl sites for hydroxylation is 2. The van der Waals surface area contributed by atoms with E-state index >= 15 is 0 Å². The third kappa shape index (κ3) is 4.72. The van der Waals surface area contributed by atoms with Gasteiger partial charge in [-0.2, -0.15) is 0 Å². The molecule has 0 radical (unpaired) electrons. The lowest BCUT2D eigenvalue weighted by Gasteiger charge is -2.10. The van der Waals surface area contributed by atoms with Crippen molar-refractivity contribution in [1.82, 2.24) is 5.32 Å². The highest BCUT2D eigenvalue weighted by atomic mass is 16.1. The number of nitrogens with one attached hydrogen (secondary N) is 2. The van der Waals surface area contributed by atoms with E-state index in [0.29, 0.717) is 13.1 Å². The number of hydrogen-bond acceptors (Lipinski definition) is 2. The van der Waals surface area contributed by atoms with E-state index in [0.717, 1.165) is 17.7 Å². The smallest absolute Gasteiger partial charge is 0.238 e. The first-order chi connectivity index (χ1) is 10.2. The average Bonchev–Trinajstić information content (AvgIpc) is 2.50. The maximum absolute atomic E-state index is 12.0. The number of anilines is 1. The van der Waals surface area contributed by atoms with Crippen LogP contribution < -0.4 is 10.6 Å². The minimum absolute atomic E-state index is 0.0111. The molecule has 2 N–H and O–H groups in total. The Hall–Kier alpha value is -2.13. The zero-order valence-electron chi connectivity index (χ0n) is 12.6. The van der Waals surface area contributed by atoms with Crippen molar-refractivity contribution in [3.8, 4) is 0 Å². The van der Waals surface area contributed by atoms with E-state index in [1.54, 1.807) is 0 Å². The van der Waals surface area contributed by atoms with Crippen LogP contribution in [0.25, 0.3) is 0 Å². The fourth-order valence-electron chi connectivity index (χ4n) is 2.17. The Morgan fingerprint density at radius 3 is 2.48 bits per heavy atom. The van der Waals surface area contributed by atoms with Gasteiger partial charge < -0.3 is 10.6 Å². The monoisotopic (exact) mass is 282 g/mol. The fourth-order valence-corrected chi connectivity index (χ4v) is 2.17. The fraction of sp³-hybridized carbons (Fsp3) is 0.278. The topological polar surface area (TPSA) is 41.1 Å². The quantitative estimate of drug-likeness (QED) is 0.853. The highest BCUT2D eigenvalue weighted by Gasteiger charge is 2.05. The van der Waals surface area contributed by atoms with Crippen LogP contribution in [0.5, 0.6) is 0 Å². The summed E-state index contributed by atoms with van der Waals surface area (Å²) in [5, 5.41) is 6.12. The molecule has 0 fully saturated rings. The molecule has 0 unspecified atom stereocenters. The van der Waals surface area contributed by atoms with Gasteiger partial charge in [0.2, 0.25) is 5.91 Å². The zero-order chi connectivity index (χ0) is 15.1. The Morgan fingerprint density at radius 1 is 1.05 bits per heavy atom. The number of para-hydroxylation sites is 1. The predicted molar refractivity (Wildman–Crippen MR) is 87.3 cm³/mol. The Kier molecular flexibility index (Phi) is 5.52. The number of amides is 1. The van der Waals surface area contributed by atoms with Gasteiger partial charge in [0.1, 0.15) is 0 Å². The van der Waals surface area contributed by atoms with Crippen LogP contribution in [-0.2, 0) is 17.8 Å². The maximum Gasteiger partial charge on any atom is 0.238 e. The zero-order valence-corrected chi connectivity index (χ0v) is 12.6. The molecule has 0 bridgehead atoms. The summed E-state index contributed by atoms with van der Waals surface area (Å²) in [7, 11) is 0. The predicted octanol–water partition coefficient (Wildman–Crippen LogP) is 3.29. The normalized spacial score (nSPS) is 10.4. The molecule has 0 heterocycles. The van der Waals surface area contributed by atoms with Crippen molar-refractivity contribution in [3.63, 3.8) is 0 Å². The van der Waals surface area contributed by atoms with E-state index in [-0.39, 0.29) is 5.91 Å². The minimum atomic E-state index is -0.0111. The second-order valence-corrected chi connectivity index (χ2v) is 5.15. The van der Waals surface area contributed by atoms with Crippen LogP contribution in [0.15, 0.2) is 48.5 Å².